The van der Waals surface area contributed by atoms with E-state index in [-0.39, 0.29) is 25.0 Å². The van der Waals surface area contributed by atoms with Gasteiger partial charge < -0.3 is 48.7 Å². The van der Waals surface area contributed by atoms with Gasteiger partial charge in [-0.2, -0.15) is 0 Å². The number of carbonyl (C=O) groups is 2. The summed E-state index contributed by atoms with van der Waals surface area (Å²) in [7, 11) is 5.28. The maximum absolute atomic E-state index is 14.1. The van der Waals surface area contributed by atoms with Crippen molar-refractivity contribution in [2.45, 2.75) is 129 Å². The second-order valence-electron chi connectivity index (χ2n) is 15.3. The van der Waals surface area contributed by atoms with Crippen LogP contribution in [0.5, 0.6) is 0 Å². The largest absolute Gasteiger partial charge is 0.459 e. The Kier molecular flexibility index (Phi) is 15.6. The molecule has 0 saturated carbocycles. The van der Waals surface area contributed by atoms with Crippen molar-refractivity contribution in [2.75, 3.05) is 60.7 Å². The summed E-state index contributed by atoms with van der Waals surface area (Å²) >= 11 is 0. The molecule has 0 amide bonds. The molecular formula is C36H65N3O11. The van der Waals surface area contributed by atoms with Crippen molar-refractivity contribution in [3.8, 4) is 0 Å². The normalized spacial score (nSPS) is 42.7. The number of hydrogen-bond acceptors (Lipinski definition) is 14. The van der Waals surface area contributed by atoms with Crippen LogP contribution in [0.25, 0.3) is 0 Å². The Labute approximate surface area is 298 Å². The number of Topliss-reactive ketones (excluding diaryl/α,β-unsaturated/α-hetero) is 1. The van der Waals surface area contributed by atoms with E-state index in [1.807, 2.05) is 39.8 Å². The number of esters is 1. The van der Waals surface area contributed by atoms with Crippen LogP contribution in [-0.2, 0) is 38.1 Å². The number of methoxy groups -OCH3 is 1. The molecule has 0 aliphatic carbocycles. The van der Waals surface area contributed by atoms with E-state index in [1.54, 1.807) is 20.8 Å². The third-order valence-electron chi connectivity index (χ3n) is 11.1. The smallest absolute Gasteiger partial charge is 0.316 e. The number of likely N-dealkylation sites (N-methyl/N-ethyl adjacent to an activating group) is 1. The first-order valence-corrected chi connectivity index (χ1v) is 18.2. The zero-order chi connectivity index (χ0) is 37.6. The fraction of sp³-hybridized carbons (Fsp3) is 0.917. The summed E-state index contributed by atoms with van der Waals surface area (Å²) in [6.45, 7) is 17.5. The predicted octanol–water partition coefficient (Wildman–Crippen LogP) is 1.86. The molecule has 3 saturated heterocycles. The highest BCUT2D eigenvalue weighted by Crippen LogP contribution is 2.38. The number of aliphatic hydroxyl groups is 3. The number of nitrogens with zero attached hydrogens (tertiary/aromatic N) is 3. The predicted molar refractivity (Wildman–Crippen MR) is 186 cm³/mol. The molecule has 3 heterocycles. The molecule has 0 aromatic carbocycles. The van der Waals surface area contributed by atoms with Gasteiger partial charge in [-0.25, -0.2) is 0 Å². The van der Waals surface area contributed by atoms with E-state index in [2.05, 4.69) is 10.1 Å². The number of carbonyl (C=O) groups excluding carboxylic acids is 2. The summed E-state index contributed by atoms with van der Waals surface area (Å²) < 4.78 is 30.2. The van der Waals surface area contributed by atoms with Crippen molar-refractivity contribution in [2.24, 2.45) is 28.8 Å². The Morgan fingerprint density at radius 1 is 1.04 bits per heavy atom. The van der Waals surface area contributed by atoms with Gasteiger partial charge in [0.2, 0.25) is 0 Å². The van der Waals surface area contributed by atoms with Gasteiger partial charge in [-0.05, 0) is 61.1 Å². The van der Waals surface area contributed by atoms with Crippen molar-refractivity contribution in [1.82, 2.24) is 9.80 Å². The van der Waals surface area contributed by atoms with Crippen LogP contribution < -0.4 is 0 Å². The lowest BCUT2D eigenvalue weighted by atomic mass is 9.74. The van der Waals surface area contributed by atoms with Crippen LogP contribution in [0.4, 0.5) is 0 Å². The molecule has 3 N–H and O–H groups in total. The molecular weight excluding hydrogens is 650 g/mol. The second kappa shape index (κ2) is 18.3. The maximum Gasteiger partial charge on any atom is 0.316 e. The Morgan fingerprint density at radius 3 is 2.26 bits per heavy atom. The van der Waals surface area contributed by atoms with Crippen LogP contribution in [0.2, 0.25) is 0 Å². The average molecular weight is 716 g/mol. The Morgan fingerprint density at radius 2 is 1.68 bits per heavy atom. The summed E-state index contributed by atoms with van der Waals surface area (Å²) in [5.41, 5.74) is -2.63. The molecule has 50 heavy (non-hydrogen) atoms. The number of rotatable bonds is 9. The third kappa shape index (κ3) is 10.0. The first-order chi connectivity index (χ1) is 23.4. The topological polar surface area (TPSA) is 169 Å². The number of morpholine rings is 1. The van der Waals surface area contributed by atoms with Gasteiger partial charge in [-0.1, -0.05) is 32.9 Å². The lowest BCUT2D eigenvalue weighted by Gasteiger charge is -2.47. The third-order valence-corrected chi connectivity index (χ3v) is 11.1. The van der Waals surface area contributed by atoms with E-state index < -0.39 is 77.3 Å². The molecule has 0 radical (unpaired) electrons. The molecule has 3 rings (SSSR count). The number of ether oxygens (including phenoxy) is 5. The van der Waals surface area contributed by atoms with Gasteiger partial charge in [0.25, 0.3) is 0 Å². The molecule has 0 bridgehead atoms. The van der Waals surface area contributed by atoms with Crippen molar-refractivity contribution in [3.05, 3.63) is 0 Å². The zero-order valence-corrected chi connectivity index (χ0v) is 32.2. The van der Waals surface area contributed by atoms with Gasteiger partial charge in [-0.15, -0.1) is 0 Å². The zero-order valence-electron chi connectivity index (χ0n) is 32.2. The van der Waals surface area contributed by atoms with Crippen molar-refractivity contribution >= 4 is 17.5 Å². The first-order valence-electron chi connectivity index (χ1n) is 18.2. The fourth-order valence-electron chi connectivity index (χ4n) is 7.73. The first kappa shape index (κ1) is 42.7. The maximum atomic E-state index is 14.1. The van der Waals surface area contributed by atoms with Crippen LogP contribution >= 0.6 is 0 Å². The lowest BCUT2D eigenvalue weighted by Crippen LogP contribution is -2.60. The van der Waals surface area contributed by atoms with E-state index in [0.717, 1.165) is 13.1 Å². The molecule has 13 atom stereocenters. The van der Waals surface area contributed by atoms with E-state index >= 15 is 0 Å². The molecule has 0 aromatic heterocycles. The second-order valence-corrected chi connectivity index (χ2v) is 15.3. The van der Waals surface area contributed by atoms with Crippen LogP contribution in [-0.4, -0.2) is 157 Å². The highest BCUT2D eigenvalue weighted by molar-refractivity contribution is 6.00. The van der Waals surface area contributed by atoms with Gasteiger partial charge in [0.15, 0.2) is 12.1 Å². The summed E-state index contributed by atoms with van der Waals surface area (Å²) in [5.74, 6) is -4.60. The molecule has 3 aliphatic heterocycles. The number of oxime groups is 1. The molecule has 0 aromatic rings. The van der Waals surface area contributed by atoms with Crippen LogP contribution in [0.15, 0.2) is 5.16 Å². The van der Waals surface area contributed by atoms with E-state index in [0.29, 0.717) is 38.5 Å². The summed E-state index contributed by atoms with van der Waals surface area (Å²) in [5, 5.41) is 39.4. The highest BCUT2D eigenvalue weighted by atomic mass is 16.7. The Hall–Kier alpha value is -1.75. The van der Waals surface area contributed by atoms with Crippen molar-refractivity contribution in [1.29, 1.82) is 0 Å². The minimum absolute atomic E-state index is 0.187. The Bertz CT molecular complexity index is 1130. The van der Waals surface area contributed by atoms with Crippen LogP contribution in [0.1, 0.15) is 74.7 Å². The highest BCUT2D eigenvalue weighted by Gasteiger charge is 2.51. The molecule has 290 valence electrons. The summed E-state index contributed by atoms with van der Waals surface area (Å²) in [6.07, 6.45) is -4.89. The molecule has 0 unspecified atom stereocenters. The van der Waals surface area contributed by atoms with E-state index in [4.69, 9.17) is 28.5 Å². The lowest BCUT2D eigenvalue weighted by molar-refractivity contribution is -0.295. The van der Waals surface area contributed by atoms with Crippen molar-refractivity contribution < 1.29 is 53.4 Å². The number of ketones is 1. The summed E-state index contributed by atoms with van der Waals surface area (Å²) in [6, 6.07) is -0.260. The van der Waals surface area contributed by atoms with Crippen LogP contribution in [0.3, 0.4) is 0 Å². The number of hydrogen-bond donors (Lipinski definition) is 3. The monoisotopic (exact) mass is 715 g/mol. The van der Waals surface area contributed by atoms with E-state index in [1.165, 1.54) is 21.0 Å². The average Bonchev–Trinajstić information content (AvgIpc) is 3.08. The Balaban J connectivity index is 2.08. The molecule has 14 heteroatoms. The quantitative estimate of drug-likeness (QED) is 0.137. The molecule has 3 fully saturated rings. The standard InChI is InChI=1S/C36H65N3O11/c1-12-27-36(8,44)31(42)23(4)28(37-47-18-15-39-13-16-46-17-14-39)21(2)20-35(7,45-11)32(24(5)29(40)25(6)33(43)49-27)50-34-30(41)26(38(9)10)19-22(3)48-34/h21-27,30-32,34,41-42,44H,12-20H2,1-11H3/b37-28+/t21-,22-,23+,24+,25-,26+,27-,30-,31-,32-,34+,35-,36-/m1/s1. The van der Waals surface area contributed by atoms with E-state index in [9.17, 15) is 24.9 Å². The molecule has 3 aliphatic rings. The van der Waals surface area contributed by atoms with Crippen molar-refractivity contribution in [3.63, 3.8) is 0 Å². The molecule has 14 nitrogen and oxygen atoms in total. The van der Waals surface area contributed by atoms with Gasteiger partial charge in [0.1, 0.15) is 30.3 Å². The SMILES string of the molecule is CC[C@H]1OC(=O)[C@H](C)C(=O)[C@H](C)[C@@H](O[C@@H]2O[C@H](C)C[C@H](N(C)C)[C@H]2O)[C@](C)(OC)C[C@@H](C)/C(=N\OCCN2CCOCC2)[C@H](C)[C@@H](O)[C@]1(C)O. The van der Waals surface area contributed by atoms with Gasteiger partial charge in [0.05, 0.1) is 42.8 Å². The fourth-order valence-corrected chi connectivity index (χ4v) is 7.73. The van der Waals surface area contributed by atoms with Crippen LogP contribution in [0, 0.1) is 23.7 Å². The van der Waals surface area contributed by atoms with Gasteiger partial charge in [0, 0.05) is 50.5 Å². The molecule has 0 spiro atoms. The number of aliphatic hydroxyl groups excluding tert-OH is 2. The van der Waals surface area contributed by atoms with Gasteiger partial charge >= 0.3 is 5.97 Å². The minimum Gasteiger partial charge on any atom is -0.459 e. The minimum atomic E-state index is -1.89. The number of cyclic esters (lactones) is 1. The van der Waals surface area contributed by atoms with Gasteiger partial charge in [-0.3, -0.25) is 14.5 Å². The summed E-state index contributed by atoms with van der Waals surface area (Å²) in [4.78, 5) is 37.6.